The number of halogens is 1. The highest BCUT2D eigenvalue weighted by molar-refractivity contribution is 5.94. The van der Waals surface area contributed by atoms with Crippen LogP contribution in [0.25, 0.3) is 10.9 Å². The summed E-state index contributed by atoms with van der Waals surface area (Å²) in [6, 6.07) is 4.44. The fourth-order valence-electron chi connectivity index (χ4n) is 4.34. The molecule has 0 aliphatic carbocycles. The first-order valence-electron chi connectivity index (χ1n) is 12.0. The number of nitrogens with one attached hydrogen (secondary N) is 1. The largest absolute Gasteiger partial charge is 0.494 e. The molecule has 0 spiro atoms. The zero-order chi connectivity index (χ0) is 25.3. The third kappa shape index (κ3) is 4.96. The number of amides is 1. The lowest BCUT2D eigenvalue weighted by Crippen LogP contribution is -2.48. The molecule has 0 bridgehead atoms. The lowest BCUT2D eigenvalue weighted by atomic mass is 10.1. The molecular weight excluding hydrogens is 451 g/mol. The van der Waals surface area contributed by atoms with Gasteiger partial charge in [-0.25, -0.2) is 9.37 Å². The number of ether oxygens (including phenoxy) is 1. The van der Waals surface area contributed by atoms with Crippen LogP contribution in [0, 0.1) is 5.82 Å². The van der Waals surface area contributed by atoms with Crippen LogP contribution in [0.5, 0.6) is 11.6 Å². The lowest BCUT2D eigenvalue weighted by molar-refractivity contribution is -0.129. The van der Waals surface area contributed by atoms with Gasteiger partial charge in [0.25, 0.3) is 0 Å². The SMILES string of the molecule is CCOc1ccc([C@@H](C)Nc2nc(N3CCN(C(C)=O)CC3)nc3c(O)n(C(C)C)cc23)c(F)c1. The number of nitrogens with zero attached hydrogens (tertiary/aromatic N) is 5. The van der Waals surface area contributed by atoms with E-state index in [0.717, 1.165) is 0 Å². The van der Waals surface area contributed by atoms with Gasteiger partial charge in [0.2, 0.25) is 17.7 Å². The second kappa shape index (κ2) is 9.97. The van der Waals surface area contributed by atoms with E-state index in [2.05, 4.69) is 10.3 Å². The summed E-state index contributed by atoms with van der Waals surface area (Å²) in [7, 11) is 0. The number of benzene rings is 1. The average Bonchev–Trinajstić information content (AvgIpc) is 3.16. The van der Waals surface area contributed by atoms with Crippen molar-refractivity contribution in [3.63, 3.8) is 0 Å². The topological polar surface area (TPSA) is 95.8 Å². The van der Waals surface area contributed by atoms with Crippen molar-refractivity contribution < 1.29 is 19.0 Å². The summed E-state index contributed by atoms with van der Waals surface area (Å²) in [6.07, 6.45) is 1.82. The van der Waals surface area contributed by atoms with Gasteiger partial charge in [-0.1, -0.05) is 6.07 Å². The molecule has 1 aliphatic heterocycles. The number of anilines is 2. The number of hydrogen-bond donors (Lipinski definition) is 2. The van der Waals surface area contributed by atoms with E-state index >= 15 is 0 Å². The number of aromatic nitrogens is 3. The first kappa shape index (κ1) is 24.6. The highest BCUT2D eigenvalue weighted by atomic mass is 19.1. The third-order valence-electron chi connectivity index (χ3n) is 6.33. The van der Waals surface area contributed by atoms with Gasteiger partial charge in [-0.2, -0.15) is 4.98 Å². The fourth-order valence-corrected chi connectivity index (χ4v) is 4.34. The molecule has 1 aliphatic rings. The molecule has 1 saturated heterocycles. The van der Waals surface area contributed by atoms with E-state index in [0.29, 0.717) is 66.8 Å². The molecule has 4 rings (SSSR count). The quantitative estimate of drug-likeness (QED) is 0.521. The van der Waals surface area contributed by atoms with Crippen molar-refractivity contribution >= 4 is 28.6 Å². The van der Waals surface area contributed by atoms with Crippen molar-refractivity contribution in [1.29, 1.82) is 0 Å². The Bertz CT molecular complexity index is 1220. The number of aromatic hydroxyl groups is 1. The molecule has 9 nitrogen and oxygen atoms in total. The Morgan fingerprint density at radius 3 is 2.51 bits per heavy atom. The van der Waals surface area contributed by atoms with E-state index in [1.807, 2.05) is 38.8 Å². The van der Waals surface area contributed by atoms with Crippen LogP contribution in [0.3, 0.4) is 0 Å². The van der Waals surface area contributed by atoms with Crippen LogP contribution in [0.2, 0.25) is 0 Å². The first-order valence-corrected chi connectivity index (χ1v) is 12.0. The van der Waals surface area contributed by atoms with Crippen LogP contribution in [-0.4, -0.2) is 63.2 Å². The maximum Gasteiger partial charge on any atom is 0.228 e. The number of piperazine rings is 1. The molecule has 1 aromatic carbocycles. The second-order valence-corrected chi connectivity index (χ2v) is 9.06. The predicted octanol–water partition coefficient (Wildman–Crippen LogP) is 4.10. The molecule has 10 heteroatoms. The van der Waals surface area contributed by atoms with Gasteiger partial charge in [-0.3, -0.25) is 4.79 Å². The van der Waals surface area contributed by atoms with E-state index in [4.69, 9.17) is 9.72 Å². The zero-order valence-corrected chi connectivity index (χ0v) is 20.9. The summed E-state index contributed by atoms with van der Waals surface area (Å²) < 4.78 is 22.0. The number of rotatable bonds is 7. The van der Waals surface area contributed by atoms with Gasteiger partial charge in [0.15, 0.2) is 0 Å². The van der Waals surface area contributed by atoms with Gasteiger partial charge in [0, 0.05) is 57.0 Å². The van der Waals surface area contributed by atoms with E-state index < -0.39 is 6.04 Å². The van der Waals surface area contributed by atoms with Gasteiger partial charge in [-0.15, -0.1) is 0 Å². The van der Waals surface area contributed by atoms with E-state index in [1.54, 1.807) is 28.5 Å². The van der Waals surface area contributed by atoms with E-state index in [1.165, 1.54) is 6.07 Å². The van der Waals surface area contributed by atoms with Crippen LogP contribution in [0.1, 0.15) is 52.3 Å². The van der Waals surface area contributed by atoms with Crippen LogP contribution in [0.4, 0.5) is 16.2 Å². The Labute approximate surface area is 204 Å². The molecule has 35 heavy (non-hydrogen) atoms. The van der Waals surface area contributed by atoms with Gasteiger partial charge < -0.3 is 29.5 Å². The molecule has 0 unspecified atom stereocenters. The van der Waals surface area contributed by atoms with Gasteiger partial charge in [0.1, 0.15) is 22.9 Å². The summed E-state index contributed by atoms with van der Waals surface area (Å²) in [5.74, 6) is 1.18. The zero-order valence-electron chi connectivity index (χ0n) is 20.9. The predicted molar refractivity (Wildman–Crippen MR) is 134 cm³/mol. The highest BCUT2D eigenvalue weighted by Crippen LogP contribution is 2.36. The van der Waals surface area contributed by atoms with E-state index in [-0.39, 0.29) is 23.6 Å². The standard InChI is InChI=1S/C25H33FN6O3/c1-6-35-18-7-8-19(21(26)13-18)16(4)27-23-20-14-32(15(2)3)24(34)22(20)28-25(29-23)31-11-9-30(10-12-31)17(5)33/h7-8,13-16,34H,6,9-12H2,1-5H3,(H,27,28,29)/t16-/m1/s1. The summed E-state index contributed by atoms with van der Waals surface area (Å²) in [5, 5.41) is 14.9. The molecule has 2 aromatic heterocycles. The Morgan fingerprint density at radius 1 is 1.20 bits per heavy atom. The summed E-state index contributed by atoms with van der Waals surface area (Å²) >= 11 is 0. The Balaban J connectivity index is 1.70. The molecular formula is C25H33FN6O3. The van der Waals surface area contributed by atoms with Crippen molar-refractivity contribution in [3.8, 4) is 11.6 Å². The third-order valence-corrected chi connectivity index (χ3v) is 6.33. The second-order valence-electron chi connectivity index (χ2n) is 9.06. The number of fused-ring (bicyclic) bond motifs is 1. The van der Waals surface area contributed by atoms with Crippen LogP contribution >= 0.6 is 0 Å². The smallest absolute Gasteiger partial charge is 0.228 e. The summed E-state index contributed by atoms with van der Waals surface area (Å²) in [6.45, 7) is 12.0. The monoisotopic (exact) mass is 484 g/mol. The molecule has 2 N–H and O–H groups in total. The van der Waals surface area contributed by atoms with Gasteiger partial charge >= 0.3 is 0 Å². The maximum atomic E-state index is 14.8. The van der Waals surface area contributed by atoms with Crippen molar-refractivity contribution in [3.05, 3.63) is 35.8 Å². The first-order chi connectivity index (χ1) is 16.7. The lowest BCUT2D eigenvalue weighted by Gasteiger charge is -2.34. The molecule has 1 fully saturated rings. The van der Waals surface area contributed by atoms with Crippen molar-refractivity contribution in [2.24, 2.45) is 0 Å². The Morgan fingerprint density at radius 2 is 1.91 bits per heavy atom. The van der Waals surface area contributed by atoms with Gasteiger partial charge in [-0.05, 0) is 33.8 Å². The van der Waals surface area contributed by atoms with Gasteiger partial charge in [0.05, 0.1) is 18.0 Å². The molecule has 3 heterocycles. The number of carbonyl (C=O) groups is 1. The summed E-state index contributed by atoms with van der Waals surface area (Å²) in [5.41, 5.74) is 0.906. The highest BCUT2D eigenvalue weighted by Gasteiger charge is 2.25. The molecule has 0 saturated carbocycles. The minimum absolute atomic E-state index is 0.0144. The van der Waals surface area contributed by atoms with Crippen LogP contribution in [0.15, 0.2) is 24.4 Å². The fraction of sp³-hybridized carbons (Fsp3) is 0.480. The Kier molecular flexibility index (Phi) is 7.00. The number of carbonyl (C=O) groups excluding carboxylic acids is 1. The molecule has 1 atom stereocenters. The van der Waals surface area contributed by atoms with Crippen molar-refractivity contribution in [2.75, 3.05) is 43.0 Å². The Hall–Kier alpha value is -3.56. The van der Waals surface area contributed by atoms with Crippen molar-refractivity contribution in [2.45, 2.75) is 46.7 Å². The average molecular weight is 485 g/mol. The minimum atomic E-state index is -0.407. The maximum absolute atomic E-state index is 14.8. The van der Waals surface area contributed by atoms with Crippen LogP contribution in [-0.2, 0) is 4.79 Å². The molecule has 0 radical (unpaired) electrons. The number of hydrogen-bond acceptors (Lipinski definition) is 7. The summed E-state index contributed by atoms with van der Waals surface area (Å²) in [4.78, 5) is 25.0. The normalized spacial score (nSPS) is 15.1. The molecule has 1 amide bonds. The molecule has 3 aromatic rings. The van der Waals surface area contributed by atoms with Crippen molar-refractivity contribution in [1.82, 2.24) is 19.4 Å². The van der Waals surface area contributed by atoms with E-state index in [9.17, 15) is 14.3 Å². The minimum Gasteiger partial charge on any atom is -0.494 e. The molecule has 188 valence electrons. The van der Waals surface area contributed by atoms with Crippen LogP contribution < -0.4 is 15.0 Å².